The lowest BCUT2D eigenvalue weighted by Crippen LogP contribution is -1.89. The van der Waals surface area contributed by atoms with E-state index < -0.39 is 0 Å². The molecular formula is C9H7BrN2O. The van der Waals surface area contributed by atoms with E-state index in [4.69, 9.17) is 4.74 Å². The molecule has 66 valence electrons. The van der Waals surface area contributed by atoms with Crippen LogP contribution in [0.25, 0.3) is 11.0 Å². The Morgan fingerprint density at radius 1 is 1.31 bits per heavy atom. The zero-order valence-corrected chi connectivity index (χ0v) is 8.58. The standard InChI is InChI=1S/C9H7BrN2O/c1-13-9-5-11-8-4-6(10)2-3-7(8)12-9/h2-5H,1H3. The predicted molar refractivity (Wildman–Crippen MR) is 53.8 cm³/mol. The SMILES string of the molecule is COc1cnc2cc(Br)ccc2n1. The van der Waals surface area contributed by atoms with Gasteiger partial charge < -0.3 is 4.74 Å². The van der Waals surface area contributed by atoms with Crippen LogP contribution < -0.4 is 4.74 Å². The van der Waals surface area contributed by atoms with E-state index in [1.54, 1.807) is 13.3 Å². The fourth-order valence-corrected chi connectivity index (χ4v) is 1.41. The highest BCUT2D eigenvalue weighted by Crippen LogP contribution is 2.18. The Balaban J connectivity index is 2.66. The van der Waals surface area contributed by atoms with Crippen LogP contribution >= 0.6 is 15.9 Å². The normalized spacial score (nSPS) is 10.3. The van der Waals surface area contributed by atoms with Gasteiger partial charge in [0, 0.05) is 4.47 Å². The summed E-state index contributed by atoms with van der Waals surface area (Å²) in [4.78, 5) is 8.42. The third kappa shape index (κ3) is 1.62. The average molecular weight is 239 g/mol. The molecule has 0 atom stereocenters. The van der Waals surface area contributed by atoms with E-state index in [0.29, 0.717) is 5.88 Å². The van der Waals surface area contributed by atoms with Gasteiger partial charge in [0.05, 0.1) is 24.3 Å². The van der Waals surface area contributed by atoms with Crippen molar-refractivity contribution in [3.8, 4) is 5.88 Å². The number of ether oxygens (including phenoxy) is 1. The first-order valence-corrected chi connectivity index (χ1v) is 4.55. The molecule has 0 aliphatic carbocycles. The molecule has 0 fully saturated rings. The lowest BCUT2D eigenvalue weighted by Gasteiger charge is -2.00. The number of halogens is 1. The summed E-state index contributed by atoms with van der Waals surface area (Å²) in [6, 6.07) is 5.74. The summed E-state index contributed by atoms with van der Waals surface area (Å²) in [5.74, 6) is 0.537. The first-order chi connectivity index (χ1) is 6.29. The molecule has 13 heavy (non-hydrogen) atoms. The average Bonchev–Trinajstić information content (AvgIpc) is 2.17. The van der Waals surface area contributed by atoms with Crippen LogP contribution in [0.5, 0.6) is 5.88 Å². The van der Waals surface area contributed by atoms with Crippen molar-refractivity contribution in [3.05, 3.63) is 28.9 Å². The lowest BCUT2D eigenvalue weighted by molar-refractivity contribution is 0.397. The predicted octanol–water partition coefficient (Wildman–Crippen LogP) is 2.40. The summed E-state index contributed by atoms with van der Waals surface area (Å²) in [6.45, 7) is 0. The maximum absolute atomic E-state index is 4.97. The van der Waals surface area contributed by atoms with Crippen LogP contribution in [-0.4, -0.2) is 17.1 Å². The number of nitrogens with zero attached hydrogens (tertiary/aromatic N) is 2. The fourth-order valence-electron chi connectivity index (χ4n) is 1.07. The zero-order valence-electron chi connectivity index (χ0n) is 6.99. The van der Waals surface area contributed by atoms with Crippen LogP contribution in [0, 0.1) is 0 Å². The molecule has 1 aromatic heterocycles. The highest BCUT2D eigenvalue weighted by molar-refractivity contribution is 9.10. The van der Waals surface area contributed by atoms with Crippen LogP contribution in [0.4, 0.5) is 0 Å². The number of rotatable bonds is 1. The quantitative estimate of drug-likeness (QED) is 0.766. The van der Waals surface area contributed by atoms with Gasteiger partial charge in [0.15, 0.2) is 0 Å². The van der Waals surface area contributed by atoms with Gasteiger partial charge in [-0.1, -0.05) is 15.9 Å². The maximum atomic E-state index is 4.97. The number of benzene rings is 1. The second kappa shape index (κ2) is 3.30. The molecule has 3 nitrogen and oxygen atoms in total. The van der Waals surface area contributed by atoms with E-state index >= 15 is 0 Å². The van der Waals surface area contributed by atoms with Crippen LogP contribution in [0.2, 0.25) is 0 Å². The molecule has 0 spiro atoms. The van der Waals surface area contributed by atoms with Gasteiger partial charge in [-0.3, -0.25) is 0 Å². The van der Waals surface area contributed by atoms with Crippen molar-refractivity contribution in [2.45, 2.75) is 0 Å². The van der Waals surface area contributed by atoms with Crippen molar-refractivity contribution in [2.24, 2.45) is 0 Å². The Kier molecular flexibility index (Phi) is 2.14. The minimum absolute atomic E-state index is 0.537. The van der Waals surface area contributed by atoms with Gasteiger partial charge >= 0.3 is 0 Å². The van der Waals surface area contributed by atoms with E-state index in [1.165, 1.54) is 0 Å². The van der Waals surface area contributed by atoms with Crippen molar-refractivity contribution in [3.63, 3.8) is 0 Å². The van der Waals surface area contributed by atoms with Gasteiger partial charge in [-0.2, -0.15) is 0 Å². The first kappa shape index (κ1) is 8.44. The van der Waals surface area contributed by atoms with Gasteiger partial charge in [-0.25, -0.2) is 9.97 Å². The van der Waals surface area contributed by atoms with Crippen LogP contribution in [0.1, 0.15) is 0 Å². The Bertz CT molecular complexity index is 445. The lowest BCUT2D eigenvalue weighted by atomic mass is 10.3. The monoisotopic (exact) mass is 238 g/mol. The minimum Gasteiger partial charge on any atom is -0.480 e. The third-order valence-corrected chi connectivity index (χ3v) is 2.18. The molecule has 0 N–H and O–H groups in total. The molecule has 0 saturated carbocycles. The molecule has 0 unspecified atom stereocenters. The summed E-state index contributed by atoms with van der Waals surface area (Å²) in [5.41, 5.74) is 1.69. The van der Waals surface area contributed by atoms with E-state index in [1.807, 2.05) is 18.2 Å². The number of aromatic nitrogens is 2. The molecule has 1 heterocycles. The second-order valence-electron chi connectivity index (χ2n) is 2.55. The third-order valence-electron chi connectivity index (χ3n) is 1.69. The summed E-state index contributed by atoms with van der Waals surface area (Å²) in [5, 5.41) is 0. The molecular weight excluding hydrogens is 232 g/mol. The largest absolute Gasteiger partial charge is 0.480 e. The Labute approximate surface area is 83.9 Å². The van der Waals surface area contributed by atoms with Gasteiger partial charge in [0.25, 0.3) is 0 Å². The molecule has 2 aromatic rings. The van der Waals surface area contributed by atoms with Crippen molar-refractivity contribution in [1.82, 2.24) is 9.97 Å². The van der Waals surface area contributed by atoms with E-state index in [0.717, 1.165) is 15.5 Å². The summed E-state index contributed by atoms with van der Waals surface area (Å²) >= 11 is 3.37. The summed E-state index contributed by atoms with van der Waals surface area (Å²) < 4.78 is 5.97. The van der Waals surface area contributed by atoms with Crippen LogP contribution in [-0.2, 0) is 0 Å². The number of hydrogen-bond donors (Lipinski definition) is 0. The molecule has 1 aromatic carbocycles. The summed E-state index contributed by atoms with van der Waals surface area (Å²) in [6.07, 6.45) is 1.61. The van der Waals surface area contributed by atoms with Gasteiger partial charge in [0.1, 0.15) is 0 Å². The van der Waals surface area contributed by atoms with Gasteiger partial charge in [0.2, 0.25) is 5.88 Å². The Morgan fingerprint density at radius 2 is 2.15 bits per heavy atom. The van der Waals surface area contributed by atoms with E-state index in [9.17, 15) is 0 Å². The smallest absolute Gasteiger partial charge is 0.232 e. The zero-order chi connectivity index (χ0) is 9.26. The van der Waals surface area contributed by atoms with Gasteiger partial charge in [-0.05, 0) is 18.2 Å². The van der Waals surface area contributed by atoms with E-state index in [-0.39, 0.29) is 0 Å². The van der Waals surface area contributed by atoms with E-state index in [2.05, 4.69) is 25.9 Å². The van der Waals surface area contributed by atoms with Crippen molar-refractivity contribution in [2.75, 3.05) is 7.11 Å². The molecule has 0 aliphatic heterocycles. The maximum Gasteiger partial charge on any atom is 0.232 e. The van der Waals surface area contributed by atoms with Gasteiger partial charge in [-0.15, -0.1) is 0 Å². The molecule has 0 bridgehead atoms. The molecule has 0 amide bonds. The topological polar surface area (TPSA) is 35.0 Å². The highest BCUT2D eigenvalue weighted by atomic mass is 79.9. The molecule has 4 heteroatoms. The van der Waals surface area contributed by atoms with Crippen molar-refractivity contribution in [1.29, 1.82) is 0 Å². The highest BCUT2D eigenvalue weighted by Gasteiger charge is 1.99. The second-order valence-corrected chi connectivity index (χ2v) is 3.46. The molecule has 0 saturated heterocycles. The molecule has 0 radical (unpaired) electrons. The molecule has 0 aliphatic rings. The van der Waals surface area contributed by atoms with Crippen LogP contribution in [0.3, 0.4) is 0 Å². The number of fused-ring (bicyclic) bond motifs is 1. The van der Waals surface area contributed by atoms with Crippen molar-refractivity contribution >= 4 is 27.0 Å². The summed E-state index contributed by atoms with van der Waals surface area (Å²) in [7, 11) is 1.58. The first-order valence-electron chi connectivity index (χ1n) is 3.76. The number of hydrogen-bond acceptors (Lipinski definition) is 3. The Hall–Kier alpha value is -1.16. The van der Waals surface area contributed by atoms with Crippen LogP contribution in [0.15, 0.2) is 28.9 Å². The molecule has 2 rings (SSSR count). The fraction of sp³-hybridized carbons (Fsp3) is 0.111. The number of methoxy groups -OCH3 is 1. The van der Waals surface area contributed by atoms with Crippen molar-refractivity contribution < 1.29 is 4.74 Å². The Morgan fingerprint density at radius 3 is 2.92 bits per heavy atom. The minimum atomic E-state index is 0.537.